The van der Waals surface area contributed by atoms with Gasteiger partial charge in [0.05, 0.1) is 13.2 Å². The Kier molecular flexibility index (Phi) is 8.45. The molecule has 0 N–H and O–H groups in total. The second kappa shape index (κ2) is 10.8. The van der Waals surface area contributed by atoms with Gasteiger partial charge in [-0.15, -0.1) is 0 Å². The molecule has 0 aliphatic rings. The Morgan fingerprint density at radius 3 is 1.48 bits per heavy atom. The minimum Gasteiger partial charge on any atom is -0.380 e. The van der Waals surface area contributed by atoms with Crippen LogP contribution in [0.25, 0.3) is 0 Å². The van der Waals surface area contributed by atoms with Gasteiger partial charge in [-0.3, -0.25) is 0 Å². The Hall–Kier alpha value is -0.900. The lowest BCUT2D eigenvalue weighted by Crippen LogP contribution is -2.01. The minimum atomic E-state index is 0.851. The van der Waals surface area contributed by atoms with Crippen molar-refractivity contribution in [3.8, 4) is 0 Å². The monoisotopic (exact) mass is 318 g/mol. The van der Waals surface area contributed by atoms with Crippen molar-refractivity contribution in [2.45, 2.75) is 11.5 Å². The number of hydrogen-bond acceptors (Lipinski definition) is 3. The third-order valence-corrected chi connectivity index (χ3v) is 4.95. The van der Waals surface area contributed by atoms with E-state index in [4.69, 9.17) is 4.74 Å². The molecule has 0 saturated carbocycles. The van der Waals surface area contributed by atoms with Crippen molar-refractivity contribution in [3.63, 3.8) is 0 Å². The summed E-state index contributed by atoms with van der Waals surface area (Å²) in [6.07, 6.45) is 0. The van der Waals surface area contributed by atoms with Crippen LogP contribution < -0.4 is 0 Å². The smallest absolute Gasteiger partial charge is 0.0557 e. The molecular weight excluding hydrogens is 296 g/mol. The average Bonchev–Trinajstić information content (AvgIpc) is 2.55. The first-order chi connectivity index (χ1) is 10.4. The summed E-state index contributed by atoms with van der Waals surface area (Å²) in [7, 11) is 0. The Labute approximate surface area is 136 Å². The molecule has 3 heteroatoms. The number of hydrogen-bond donors (Lipinski definition) is 0. The summed E-state index contributed by atoms with van der Waals surface area (Å²) in [6, 6.07) is 21.2. The topological polar surface area (TPSA) is 9.23 Å². The molecule has 0 aromatic heterocycles. The summed E-state index contributed by atoms with van der Waals surface area (Å²) in [5.74, 6) is 4.29. The Morgan fingerprint density at radius 2 is 1.05 bits per heavy atom. The van der Waals surface area contributed by atoms with E-state index in [0.29, 0.717) is 0 Å². The van der Waals surface area contributed by atoms with Crippen molar-refractivity contribution in [1.29, 1.82) is 0 Å². The largest absolute Gasteiger partial charge is 0.380 e. The van der Waals surface area contributed by atoms with Gasteiger partial charge in [0.1, 0.15) is 0 Å². The van der Waals surface area contributed by atoms with Crippen LogP contribution in [0.4, 0.5) is 0 Å². The van der Waals surface area contributed by atoms with Crippen molar-refractivity contribution in [3.05, 3.63) is 71.8 Å². The fourth-order valence-electron chi connectivity index (χ4n) is 1.87. The van der Waals surface area contributed by atoms with Gasteiger partial charge in [-0.25, -0.2) is 0 Å². The van der Waals surface area contributed by atoms with Crippen LogP contribution in [0.15, 0.2) is 60.7 Å². The molecule has 0 bridgehead atoms. The van der Waals surface area contributed by atoms with Gasteiger partial charge < -0.3 is 4.74 Å². The zero-order valence-corrected chi connectivity index (χ0v) is 13.9. The molecule has 1 nitrogen and oxygen atoms in total. The molecule has 0 aliphatic heterocycles. The molecular formula is C18H22OS2. The zero-order valence-electron chi connectivity index (χ0n) is 12.2. The fourth-order valence-corrected chi connectivity index (χ4v) is 3.48. The normalized spacial score (nSPS) is 10.7. The Balaban J connectivity index is 1.40. The molecule has 0 amide bonds. The van der Waals surface area contributed by atoms with E-state index in [1.165, 1.54) is 11.1 Å². The fraction of sp³-hybridized carbons (Fsp3) is 0.333. The van der Waals surface area contributed by atoms with Gasteiger partial charge in [0.2, 0.25) is 0 Å². The molecule has 0 unspecified atom stereocenters. The second-order valence-corrected chi connectivity index (χ2v) is 6.90. The third-order valence-electron chi connectivity index (χ3n) is 2.97. The molecule has 0 saturated heterocycles. The molecule has 2 rings (SSSR count). The van der Waals surface area contributed by atoms with Gasteiger partial charge in [0.25, 0.3) is 0 Å². The van der Waals surface area contributed by atoms with Gasteiger partial charge in [-0.1, -0.05) is 60.7 Å². The van der Waals surface area contributed by atoms with Crippen molar-refractivity contribution in [2.75, 3.05) is 24.7 Å². The van der Waals surface area contributed by atoms with Gasteiger partial charge >= 0.3 is 0 Å². The van der Waals surface area contributed by atoms with Crippen LogP contribution in [0, 0.1) is 0 Å². The lowest BCUT2D eigenvalue weighted by molar-refractivity contribution is 0.167. The van der Waals surface area contributed by atoms with Gasteiger partial charge in [0.15, 0.2) is 0 Å². The standard InChI is InChI=1S/C18H22OS2/c1-3-7-17(8-4-1)15-20-13-11-19-12-14-21-16-18-9-5-2-6-10-18/h1-10H,11-16H2. The van der Waals surface area contributed by atoms with Gasteiger partial charge in [-0.2, -0.15) is 23.5 Å². The summed E-state index contributed by atoms with van der Waals surface area (Å²) in [6.45, 7) is 1.70. The second-order valence-electron chi connectivity index (χ2n) is 4.69. The lowest BCUT2D eigenvalue weighted by atomic mass is 10.2. The van der Waals surface area contributed by atoms with E-state index in [1.54, 1.807) is 0 Å². The van der Waals surface area contributed by atoms with Crippen molar-refractivity contribution in [1.82, 2.24) is 0 Å². The minimum absolute atomic E-state index is 0.851. The van der Waals surface area contributed by atoms with Crippen molar-refractivity contribution >= 4 is 23.5 Å². The molecule has 0 spiro atoms. The quantitative estimate of drug-likeness (QED) is 0.578. The maximum absolute atomic E-state index is 5.67. The van der Waals surface area contributed by atoms with E-state index in [-0.39, 0.29) is 0 Å². The molecule has 2 aromatic carbocycles. The van der Waals surface area contributed by atoms with E-state index < -0.39 is 0 Å². The first-order valence-electron chi connectivity index (χ1n) is 7.26. The highest BCUT2D eigenvalue weighted by Crippen LogP contribution is 2.12. The average molecular weight is 319 g/mol. The van der Waals surface area contributed by atoms with E-state index in [9.17, 15) is 0 Å². The number of ether oxygens (including phenoxy) is 1. The van der Waals surface area contributed by atoms with Crippen LogP contribution in [-0.4, -0.2) is 24.7 Å². The predicted molar refractivity (Wildman–Crippen MR) is 96.0 cm³/mol. The van der Waals surface area contributed by atoms with Crippen molar-refractivity contribution in [2.24, 2.45) is 0 Å². The van der Waals surface area contributed by atoms with E-state index in [0.717, 1.165) is 36.2 Å². The third kappa shape index (κ3) is 7.60. The van der Waals surface area contributed by atoms with Crippen LogP contribution in [0.3, 0.4) is 0 Å². The lowest BCUT2D eigenvalue weighted by Gasteiger charge is -2.05. The van der Waals surface area contributed by atoms with Crippen molar-refractivity contribution < 1.29 is 4.74 Å². The summed E-state index contributed by atoms with van der Waals surface area (Å²) in [4.78, 5) is 0. The molecule has 2 aromatic rings. The van der Waals surface area contributed by atoms with Crippen LogP contribution in [0.1, 0.15) is 11.1 Å². The molecule has 0 fully saturated rings. The first kappa shape index (κ1) is 16.5. The first-order valence-corrected chi connectivity index (χ1v) is 9.57. The summed E-state index contributed by atoms with van der Waals surface area (Å²) >= 11 is 3.87. The molecule has 21 heavy (non-hydrogen) atoms. The zero-order chi connectivity index (χ0) is 14.6. The Morgan fingerprint density at radius 1 is 0.619 bits per heavy atom. The van der Waals surface area contributed by atoms with Gasteiger partial charge in [0, 0.05) is 23.0 Å². The molecule has 0 aliphatic carbocycles. The molecule has 0 atom stereocenters. The molecule has 112 valence electrons. The molecule has 0 heterocycles. The van der Waals surface area contributed by atoms with Crippen LogP contribution >= 0.6 is 23.5 Å². The predicted octanol–water partition coefficient (Wildman–Crippen LogP) is 4.87. The highest BCUT2D eigenvalue weighted by atomic mass is 32.2. The van der Waals surface area contributed by atoms with Crippen LogP contribution in [0.5, 0.6) is 0 Å². The van der Waals surface area contributed by atoms with E-state index >= 15 is 0 Å². The Bertz CT molecular complexity index is 428. The summed E-state index contributed by atoms with van der Waals surface area (Å²) < 4.78 is 5.67. The number of thioether (sulfide) groups is 2. The maximum Gasteiger partial charge on any atom is 0.0557 e. The number of rotatable bonds is 10. The van der Waals surface area contributed by atoms with Crippen LogP contribution in [-0.2, 0) is 16.2 Å². The summed E-state index contributed by atoms with van der Waals surface area (Å²) in [5.41, 5.74) is 2.78. The maximum atomic E-state index is 5.67. The van der Waals surface area contributed by atoms with E-state index in [1.807, 2.05) is 23.5 Å². The van der Waals surface area contributed by atoms with Crippen LogP contribution in [0.2, 0.25) is 0 Å². The van der Waals surface area contributed by atoms with Gasteiger partial charge in [-0.05, 0) is 11.1 Å². The summed E-state index contributed by atoms with van der Waals surface area (Å²) in [5, 5.41) is 0. The molecule has 0 radical (unpaired) electrons. The SMILES string of the molecule is c1ccc(CSCCOCCSCc2ccccc2)cc1. The highest BCUT2D eigenvalue weighted by Gasteiger charge is 1.95. The highest BCUT2D eigenvalue weighted by molar-refractivity contribution is 7.98. The van der Waals surface area contributed by atoms with E-state index in [2.05, 4.69) is 60.7 Å². The number of benzene rings is 2.